The Labute approximate surface area is 91.5 Å². The fraction of sp³-hybridized carbons (Fsp3) is 0.917. The van der Waals surface area contributed by atoms with Gasteiger partial charge in [-0.05, 0) is 31.6 Å². The summed E-state index contributed by atoms with van der Waals surface area (Å²) >= 11 is 0. The summed E-state index contributed by atoms with van der Waals surface area (Å²) in [5.41, 5.74) is 0. The fourth-order valence-corrected chi connectivity index (χ4v) is 2.92. The van der Waals surface area contributed by atoms with E-state index in [1.54, 1.807) is 0 Å². The molecular weight excluding hydrogens is 190 g/mol. The number of rotatable bonds is 2. The van der Waals surface area contributed by atoms with Crippen molar-refractivity contribution in [1.29, 1.82) is 0 Å². The molecule has 1 N–H and O–H groups in total. The van der Waals surface area contributed by atoms with E-state index in [1.807, 2.05) is 4.90 Å². The van der Waals surface area contributed by atoms with Crippen molar-refractivity contribution in [3.8, 4) is 0 Å². The minimum atomic E-state index is 0.113. The lowest BCUT2D eigenvalue weighted by Crippen LogP contribution is -2.39. The number of aliphatic hydroxyl groups excluding tert-OH is 1. The predicted octanol–water partition coefficient (Wildman–Crippen LogP) is 1.41. The van der Waals surface area contributed by atoms with Crippen LogP contribution in [0.25, 0.3) is 0 Å². The van der Waals surface area contributed by atoms with E-state index >= 15 is 0 Å². The van der Waals surface area contributed by atoms with Crippen LogP contribution in [0, 0.1) is 11.8 Å². The summed E-state index contributed by atoms with van der Waals surface area (Å²) in [6.07, 6.45) is 6.65. The van der Waals surface area contributed by atoms with E-state index in [-0.39, 0.29) is 18.4 Å². The first kappa shape index (κ1) is 10.9. The predicted molar refractivity (Wildman–Crippen MR) is 58.3 cm³/mol. The van der Waals surface area contributed by atoms with Gasteiger partial charge in [-0.2, -0.15) is 0 Å². The van der Waals surface area contributed by atoms with E-state index in [1.165, 1.54) is 6.42 Å². The number of hydrogen-bond acceptors (Lipinski definition) is 2. The van der Waals surface area contributed by atoms with Crippen LogP contribution in [0.2, 0.25) is 0 Å². The van der Waals surface area contributed by atoms with Gasteiger partial charge in [-0.1, -0.05) is 12.8 Å². The maximum atomic E-state index is 12.2. The van der Waals surface area contributed by atoms with Crippen molar-refractivity contribution >= 4 is 5.91 Å². The number of hydrogen-bond donors (Lipinski definition) is 1. The average molecular weight is 211 g/mol. The van der Waals surface area contributed by atoms with Gasteiger partial charge in [0.05, 0.1) is 0 Å². The molecule has 0 spiro atoms. The van der Waals surface area contributed by atoms with E-state index < -0.39 is 0 Å². The summed E-state index contributed by atoms with van der Waals surface area (Å²) in [6.45, 7) is 2.06. The summed E-state index contributed by atoms with van der Waals surface area (Å²) in [5.74, 6) is 0.653. The first-order valence-corrected chi connectivity index (χ1v) is 6.22. The van der Waals surface area contributed by atoms with Crippen LogP contribution in [0.1, 0.15) is 38.5 Å². The zero-order valence-electron chi connectivity index (χ0n) is 9.32. The molecule has 1 saturated heterocycles. The third-order valence-corrected chi connectivity index (χ3v) is 3.88. The van der Waals surface area contributed by atoms with Crippen molar-refractivity contribution in [2.24, 2.45) is 11.8 Å². The molecule has 0 aromatic carbocycles. The SMILES string of the molecule is O=C([C@H]1CCCC[C@@H]1CO)N1CCCC1. The third-order valence-electron chi connectivity index (χ3n) is 3.88. The second kappa shape index (κ2) is 4.97. The summed E-state index contributed by atoms with van der Waals surface area (Å²) in [4.78, 5) is 14.2. The van der Waals surface area contributed by atoms with Gasteiger partial charge in [0.2, 0.25) is 5.91 Å². The van der Waals surface area contributed by atoms with Crippen molar-refractivity contribution < 1.29 is 9.90 Å². The fourth-order valence-electron chi connectivity index (χ4n) is 2.92. The van der Waals surface area contributed by atoms with Gasteiger partial charge in [0.15, 0.2) is 0 Å². The van der Waals surface area contributed by atoms with Crippen LogP contribution in [-0.2, 0) is 4.79 Å². The first-order valence-electron chi connectivity index (χ1n) is 6.22. The molecule has 2 atom stereocenters. The Balaban J connectivity index is 1.96. The number of nitrogens with zero attached hydrogens (tertiary/aromatic N) is 1. The minimum absolute atomic E-state index is 0.113. The van der Waals surface area contributed by atoms with E-state index in [0.717, 1.165) is 45.2 Å². The maximum Gasteiger partial charge on any atom is 0.226 e. The van der Waals surface area contributed by atoms with E-state index in [9.17, 15) is 9.90 Å². The molecule has 0 bridgehead atoms. The molecule has 1 aliphatic heterocycles. The molecule has 3 nitrogen and oxygen atoms in total. The van der Waals surface area contributed by atoms with Crippen molar-refractivity contribution in [2.75, 3.05) is 19.7 Å². The highest BCUT2D eigenvalue weighted by molar-refractivity contribution is 5.79. The van der Waals surface area contributed by atoms with Gasteiger partial charge in [0.25, 0.3) is 0 Å². The molecule has 3 heteroatoms. The van der Waals surface area contributed by atoms with Crippen molar-refractivity contribution in [2.45, 2.75) is 38.5 Å². The van der Waals surface area contributed by atoms with Crippen LogP contribution in [0.5, 0.6) is 0 Å². The lowest BCUT2D eigenvalue weighted by Gasteiger charge is -2.32. The second-order valence-electron chi connectivity index (χ2n) is 4.87. The lowest BCUT2D eigenvalue weighted by molar-refractivity contribution is -0.138. The largest absolute Gasteiger partial charge is 0.396 e. The Hall–Kier alpha value is -0.570. The summed E-state index contributed by atoms with van der Waals surface area (Å²) in [5, 5.41) is 9.28. The second-order valence-corrected chi connectivity index (χ2v) is 4.87. The molecule has 0 aromatic rings. The number of carbonyl (C=O) groups is 1. The molecule has 0 unspecified atom stereocenters. The van der Waals surface area contributed by atoms with Gasteiger partial charge >= 0.3 is 0 Å². The van der Waals surface area contributed by atoms with Crippen LogP contribution in [0.4, 0.5) is 0 Å². The first-order chi connectivity index (χ1) is 7.33. The monoisotopic (exact) mass is 211 g/mol. The molecular formula is C12H21NO2. The Morgan fingerprint density at radius 2 is 1.80 bits per heavy atom. The third kappa shape index (κ3) is 2.33. The van der Waals surface area contributed by atoms with E-state index in [2.05, 4.69) is 0 Å². The number of carbonyl (C=O) groups excluding carboxylic acids is 1. The highest BCUT2D eigenvalue weighted by Crippen LogP contribution is 2.31. The zero-order chi connectivity index (χ0) is 10.7. The van der Waals surface area contributed by atoms with Gasteiger partial charge in [-0.25, -0.2) is 0 Å². The van der Waals surface area contributed by atoms with Gasteiger partial charge in [0.1, 0.15) is 0 Å². The van der Waals surface area contributed by atoms with Crippen molar-refractivity contribution in [3.63, 3.8) is 0 Å². The topological polar surface area (TPSA) is 40.5 Å². The quantitative estimate of drug-likeness (QED) is 0.750. The van der Waals surface area contributed by atoms with Crippen LogP contribution in [-0.4, -0.2) is 35.6 Å². The van der Waals surface area contributed by atoms with E-state index in [0.29, 0.717) is 5.91 Å². The molecule has 1 amide bonds. The molecule has 2 aliphatic rings. The molecule has 1 saturated carbocycles. The molecule has 0 radical (unpaired) electrons. The highest BCUT2D eigenvalue weighted by Gasteiger charge is 2.33. The van der Waals surface area contributed by atoms with Gasteiger partial charge in [0, 0.05) is 25.6 Å². The van der Waals surface area contributed by atoms with Gasteiger partial charge < -0.3 is 10.0 Å². The minimum Gasteiger partial charge on any atom is -0.396 e. The Kier molecular flexibility index (Phi) is 3.62. The summed E-state index contributed by atoms with van der Waals surface area (Å²) < 4.78 is 0. The van der Waals surface area contributed by atoms with Crippen LogP contribution in [0.15, 0.2) is 0 Å². The van der Waals surface area contributed by atoms with E-state index in [4.69, 9.17) is 0 Å². The molecule has 2 fully saturated rings. The Morgan fingerprint density at radius 1 is 1.13 bits per heavy atom. The molecule has 0 aromatic heterocycles. The van der Waals surface area contributed by atoms with Crippen LogP contribution < -0.4 is 0 Å². The Bertz CT molecular complexity index is 224. The molecule has 1 heterocycles. The molecule has 15 heavy (non-hydrogen) atoms. The van der Waals surface area contributed by atoms with Gasteiger partial charge in [-0.15, -0.1) is 0 Å². The average Bonchev–Trinajstić information content (AvgIpc) is 2.81. The van der Waals surface area contributed by atoms with Crippen molar-refractivity contribution in [1.82, 2.24) is 4.90 Å². The summed E-state index contributed by atoms with van der Waals surface area (Å²) in [6, 6.07) is 0. The lowest BCUT2D eigenvalue weighted by atomic mass is 9.79. The molecule has 2 rings (SSSR count). The van der Waals surface area contributed by atoms with Crippen LogP contribution in [0.3, 0.4) is 0 Å². The van der Waals surface area contributed by atoms with Crippen LogP contribution >= 0.6 is 0 Å². The Morgan fingerprint density at radius 3 is 2.47 bits per heavy atom. The number of likely N-dealkylation sites (tertiary alicyclic amines) is 1. The van der Waals surface area contributed by atoms with Gasteiger partial charge in [-0.3, -0.25) is 4.79 Å². The van der Waals surface area contributed by atoms with Crippen molar-refractivity contribution in [3.05, 3.63) is 0 Å². The smallest absolute Gasteiger partial charge is 0.226 e. The standard InChI is InChI=1S/C12H21NO2/c14-9-10-5-1-2-6-11(10)12(15)13-7-3-4-8-13/h10-11,14H,1-9H2/t10-,11+/m1/s1. The zero-order valence-corrected chi connectivity index (χ0v) is 9.32. The summed E-state index contributed by atoms with van der Waals surface area (Å²) in [7, 11) is 0. The normalized spacial score (nSPS) is 31.9. The highest BCUT2D eigenvalue weighted by atomic mass is 16.3. The molecule has 86 valence electrons. The number of aliphatic hydroxyl groups is 1. The molecule has 1 aliphatic carbocycles. The maximum absolute atomic E-state index is 12.2. The number of amides is 1.